The second kappa shape index (κ2) is 6.12. The molecule has 1 aromatic carbocycles. The maximum absolute atomic E-state index is 6.09. The predicted octanol–water partition coefficient (Wildman–Crippen LogP) is 5.51. The van der Waals surface area contributed by atoms with Gasteiger partial charge in [-0.2, -0.15) is 0 Å². The summed E-state index contributed by atoms with van der Waals surface area (Å²) < 4.78 is 0.961. The fourth-order valence-electron chi connectivity index (χ4n) is 2.74. The Kier molecular flexibility index (Phi) is 4.74. The topological polar surface area (TPSA) is 12.0 Å². The first-order chi connectivity index (χ1) is 8.56. The van der Waals surface area contributed by atoms with Crippen molar-refractivity contribution < 1.29 is 0 Å². The summed E-state index contributed by atoms with van der Waals surface area (Å²) in [5.41, 5.74) is 2.60. The summed E-state index contributed by atoms with van der Waals surface area (Å²) in [6.45, 7) is 5.54. The van der Waals surface area contributed by atoms with Gasteiger partial charge in [0, 0.05) is 12.2 Å². The molecule has 0 bridgehead atoms. The standard InChI is InChI=1S/C15H19BrClN/c1-10-6-11(2)8-12(7-10)9-18-14-5-3-4-13(17)15(14)16/h3-6,10,12,18H,7-9H2,1-2H3. The van der Waals surface area contributed by atoms with Crippen molar-refractivity contribution in [3.05, 3.63) is 39.3 Å². The summed E-state index contributed by atoms with van der Waals surface area (Å²) in [6, 6.07) is 5.93. The van der Waals surface area contributed by atoms with Crippen LogP contribution in [0, 0.1) is 11.8 Å². The summed E-state index contributed by atoms with van der Waals surface area (Å²) >= 11 is 9.61. The quantitative estimate of drug-likeness (QED) is 0.722. The van der Waals surface area contributed by atoms with Gasteiger partial charge >= 0.3 is 0 Å². The van der Waals surface area contributed by atoms with Crippen LogP contribution in [0.15, 0.2) is 34.3 Å². The van der Waals surface area contributed by atoms with Gasteiger partial charge in [-0.3, -0.25) is 0 Å². The highest BCUT2D eigenvalue weighted by atomic mass is 79.9. The Labute approximate surface area is 123 Å². The fraction of sp³-hybridized carbons (Fsp3) is 0.467. The molecule has 0 aliphatic heterocycles. The molecular weight excluding hydrogens is 310 g/mol. The minimum Gasteiger partial charge on any atom is -0.384 e. The summed E-state index contributed by atoms with van der Waals surface area (Å²) in [7, 11) is 0. The molecule has 2 unspecified atom stereocenters. The zero-order valence-corrected chi connectivity index (χ0v) is 13.2. The minimum absolute atomic E-state index is 0.702. The van der Waals surface area contributed by atoms with Gasteiger partial charge in [-0.05, 0) is 59.7 Å². The van der Waals surface area contributed by atoms with Crippen molar-refractivity contribution in [1.82, 2.24) is 0 Å². The van der Waals surface area contributed by atoms with Gasteiger partial charge in [0.25, 0.3) is 0 Å². The third-order valence-corrected chi connectivity index (χ3v) is 4.82. The summed E-state index contributed by atoms with van der Waals surface area (Å²) in [5.74, 6) is 1.42. The van der Waals surface area contributed by atoms with E-state index in [1.807, 2.05) is 12.1 Å². The second-order valence-electron chi connectivity index (χ2n) is 5.28. The molecule has 1 N–H and O–H groups in total. The van der Waals surface area contributed by atoms with Gasteiger partial charge in [-0.1, -0.05) is 36.2 Å². The van der Waals surface area contributed by atoms with Crippen LogP contribution >= 0.6 is 27.5 Å². The molecule has 98 valence electrons. The van der Waals surface area contributed by atoms with E-state index in [4.69, 9.17) is 11.6 Å². The van der Waals surface area contributed by atoms with Crippen molar-refractivity contribution >= 4 is 33.2 Å². The molecule has 0 spiro atoms. The lowest BCUT2D eigenvalue weighted by molar-refractivity contribution is 0.421. The maximum Gasteiger partial charge on any atom is 0.0593 e. The van der Waals surface area contributed by atoms with Crippen molar-refractivity contribution in [3.8, 4) is 0 Å². The van der Waals surface area contributed by atoms with E-state index in [2.05, 4.69) is 47.2 Å². The van der Waals surface area contributed by atoms with Gasteiger partial charge in [-0.15, -0.1) is 0 Å². The first kappa shape index (κ1) is 14.0. The lowest BCUT2D eigenvalue weighted by Crippen LogP contribution is -2.20. The van der Waals surface area contributed by atoms with Crippen molar-refractivity contribution in [3.63, 3.8) is 0 Å². The van der Waals surface area contributed by atoms with E-state index in [0.717, 1.165) is 27.6 Å². The van der Waals surface area contributed by atoms with Crippen LogP contribution in [-0.4, -0.2) is 6.54 Å². The number of rotatable bonds is 3. The molecular formula is C15H19BrClN. The fourth-order valence-corrected chi connectivity index (χ4v) is 3.32. The van der Waals surface area contributed by atoms with E-state index in [9.17, 15) is 0 Å². The van der Waals surface area contributed by atoms with E-state index in [-0.39, 0.29) is 0 Å². The number of hydrogen-bond donors (Lipinski definition) is 1. The Morgan fingerprint density at radius 3 is 2.94 bits per heavy atom. The van der Waals surface area contributed by atoms with Crippen LogP contribution in [0.5, 0.6) is 0 Å². The number of allylic oxidation sites excluding steroid dienone is 2. The van der Waals surface area contributed by atoms with Crippen LogP contribution in [0.25, 0.3) is 0 Å². The molecule has 0 amide bonds. The molecule has 18 heavy (non-hydrogen) atoms. The summed E-state index contributed by atoms with van der Waals surface area (Å²) in [5, 5.41) is 4.26. The maximum atomic E-state index is 6.09. The van der Waals surface area contributed by atoms with Crippen molar-refractivity contribution in [1.29, 1.82) is 0 Å². The molecule has 2 rings (SSSR count). The van der Waals surface area contributed by atoms with Crippen molar-refractivity contribution in [2.24, 2.45) is 11.8 Å². The number of nitrogens with one attached hydrogen (secondary N) is 1. The summed E-state index contributed by atoms with van der Waals surface area (Å²) in [4.78, 5) is 0. The van der Waals surface area contributed by atoms with Gasteiger partial charge < -0.3 is 5.32 Å². The predicted molar refractivity (Wildman–Crippen MR) is 83.3 cm³/mol. The molecule has 1 aliphatic carbocycles. The SMILES string of the molecule is CC1=CC(C)CC(CNc2cccc(Cl)c2Br)C1. The highest BCUT2D eigenvalue weighted by molar-refractivity contribution is 9.10. The highest BCUT2D eigenvalue weighted by Crippen LogP contribution is 2.32. The van der Waals surface area contributed by atoms with Crippen molar-refractivity contribution in [2.45, 2.75) is 26.7 Å². The van der Waals surface area contributed by atoms with E-state index in [1.165, 1.54) is 18.4 Å². The number of halogens is 2. The monoisotopic (exact) mass is 327 g/mol. The van der Waals surface area contributed by atoms with Crippen LogP contribution in [0.4, 0.5) is 5.69 Å². The van der Waals surface area contributed by atoms with Crippen LogP contribution < -0.4 is 5.32 Å². The zero-order chi connectivity index (χ0) is 13.1. The summed E-state index contributed by atoms with van der Waals surface area (Å²) in [6.07, 6.45) is 4.86. The van der Waals surface area contributed by atoms with E-state index < -0.39 is 0 Å². The smallest absolute Gasteiger partial charge is 0.0593 e. The number of anilines is 1. The molecule has 0 fully saturated rings. The minimum atomic E-state index is 0.702. The third kappa shape index (κ3) is 3.52. The molecule has 1 nitrogen and oxygen atoms in total. The van der Waals surface area contributed by atoms with Crippen LogP contribution in [0.1, 0.15) is 26.7 Å². The highest BCUT2D eigenvalue weighted by Gasteiger charge is 2.18. The lowest BCUT2D eigenvalue weighted by Gasteiger charge is -2.26. The third-order valence-electron chi connectivity index (χ3n) is 3.42. The Morgan fingerprint density at radius 2 is 2.22 bits per heavy atom. The molecule has 1 aromatic rings. The van der Waals surface area contributed by atoms with Gasteiger partial charge in [-0.25, -0.2) is 0 Å². The van der Waals surface area contributed by atoms with E-state index in [0.29, 0.717) is 5.92 Å². The first-order valence-electron chi connectivity index (χ1n) is 6.41. The largest absolute Gasteiger partial charge is 0.384 e. The van der Waals surface area contributed by atoms with Crippen LogP contribution in [-0.2, 0) is 0 Å². The molecule has 1 aliphatic rings. The number of hydrogen-bond acceptors (Lipinski definition) is 1. The Morgan fingerprint density at radius 1 is 1.44 bits per heavy atom. The average molecular weight is 329 g/mol. The molecule has 0 aromatic heterocycles. The van der Waals surface area contributed by atoms with Gasteiger partial charge in [0.1, 0.15) is 0 Å². The molecule has 3 heteroatoms. The van der Waals surface area contributed by atoms with Gasteiger partial charge in [0.05, 0.1) is 9.50 Å². The number of benzene rings is 1. The van der Waals surface area contributed by atoms with Crippen molar-refractivity contribution in [2.75, 3.05) is 11.9 Å². The molecule has 0 saturated carbocycles. The van der Waals surface area contributed by atoms with Gasteiger partial charge in [0.2, 0.25) is 0 Å². The first-order valence-corrected chi connectivity index (χ1v) is 7.58. The van der Waals surface area contributed by atoms with Gasteiger partial charge in [0.15, 0.2) is 0 Å². The molecule has 2 atom stereocenters. The van der Waals surface area contributed by atoms with Crippen LogP contribution in [0.2, 0.25) is 5.02 Å². The molecule has 0 heterocycles. The Hall–Kier alpha value is -0.470. The van der Waals surface area contributed by atoms with E-state index in [1.54, 1.807) is 0 Å². The zero-order valence-electron chi connectivity index (χ0n) is 10.8. The Balaban J connectivity index is 1.96. The lowest BCUT2D eigenvalue weighted by atomic mass is 9.84. The van der Waals surface area contributed by atoms with Crippen LogP contribution in [0.3, 0.4) is 0 Å². The second-order valence-corrected chi connectivity index (χ2v) is 6.48. The normalized spacial score (nSPS) is 23.7. The Bertz CT molecular complexity index is 456. The molecule has 0 saturated heterocycles. The van der Waals surface area contributed by atoms with E-state index >= 15 is 0 Å². The average Bonchev–Trinajstić information content (AvgIpc) is 2.30. The molecule has 0 radical (unpaired) electrons.